The fourth-order valence-electron chi connectivity index (χ4n) is 3.40. The number of hydrogen-bond donors (Lipinski definition) is 1. The molecule has 0 spiro atoms. The molecular weight excluding hydrogens is 415 g/mol. The van der Waals surface area contributed by atoms with Crippen LogP contribution in [0.5, 0.6) is 0 Å². The van der Waals surface area contributed by atoms with Crippen molar-refractivity contribution in [1.82, 2.24) is 10.2 Å². The van der Waals surface area contributed by atoms with Crippen molar-refractivity contribution in [3.8, 4) is 0 Å². The summed E-state index contributed by atoms with van der Waals surface area (Å²) in [6.45, 7) is 1.25. The maximum Gasteiger partial charge on any atom is 0.416 e. The number of amides is 2. The molecular formula is C18H19ClF3N3O2S. The first-order chi connectivity index (χ1) is 13.1. The van der Waals surface area contributed by atoms with Crippen LogP contribution in [0.4, 0.5) is 23.7 Å². The fraction of sp³-hybridized carbons (Fsp3) is 0.444. The van der Waals surface area contributed by atoms with Crippen molar-refractivity contribution < 1.29 is 22.8 Å². The van der Waals surface area contributed by atoms with E-state index in [-0.39, 0.29) is 15.5 Å². The summed E-state index contributed by atoms with van der Waals surface area (Å²) in [4.78, 5) is 27.4. The summed E-state index contributed by atoms with van der Waals surface area (Å²) in [6.07, 6.45) is -1.59. The van der Waals surface area contributed by atoms with Gasteiger partial charge in [-0.25, -0.2) is 0 Å². The van der Waals surface area contributed by atoms with Gasteiger partial charge in [-0.2, -0.15) is 13.2 Å². The van der Waals surface area contributed by atoms with Crippen molar-refractivity contribution in [2.45, 2.75) is 25.1 Å². The van der Waals surface area contributed by atoms with Crippen molar-refractivity contribution in [2.75, 3.05) is 32.1 Å². The summed E-state index contributed by atoms with van der Waals surface area (Å²) in [5.41, 5.74) is -0.270. The predicted molar refractivity (Wildman–Crippen MR) is 104 cm³/mol. The first kappa shape index (κ1) is 21.0. The minimum absolute atomic E-state index is 0.0280. The Morgan fingerprint density at radius 3 is 2.39 bits per heavy atom. The average molecular weight is 434 g/mol. The summed E-state index contributed by atoms with van der Waals surface area (Å²) in [6, 6.07) is 2.27. The Balaban J connectivity index is 2.03. The van der Waals surface area contributed by atoms with Crippen LogP contribution in [0.3, 0.4) is 0 Å². The van der Waals surface area contributed by atoms with E-state index < -0.39 is 22.9 Å². The zero-order valence-corrected chi connectivity index (χ0v) is 16.8. The molecule has 10 heteroatoms. The zero-order valence-electron chi connectivity index (χ0n) is 15.3. The number of halogens is 4. The lowest BCUT2D eigenvalue weighted by Crippen LogP contribution is -2.42. The van der Waals surface area contributed by atoms with Gasteiger partial charge in [0.25, 0.3) is 11.1 Å². The molecule has 0 saturated carbocycles. The molecule has 1 aromatic rings. The monoisotopic (exact) mass is 433 g/mol. The van der Waals surface area contributed by atoms with Gasteiger partial charge in [0.2, 0.25) is 0 Å². The summed E-state index contributed by atoms with van der Waals surface area (Å²) >= 11 is 6.93. The van der Waals surface area contributed by atoms with Crippen LogP contribution in [0.15, 0.2) is 17.0 Å². The number of piperidine rings is 1. The Morgan fingerprint density at radius 1 is 1.25 bits per heavy atom. The lowest BCUT2D eigenvalue weighted by molar-refractivity contribution is -0.137. The van der Waals surface area contributed by atoms with E-state index in [1.165, 1.54) is 6.08 Å². The van der Waals surface area contributed by atoms with Crippen LogP contribution in [0.25, 0.3) is 6.08 Å². The SMILES string of the molecule is CN(C)C1CCN(c2c(Cl)cc(C(F)(F)F)cc2/C=C2\SC(=O)NC2=O)CC1. The fourth-order valence-corrected chi connectivity index (χ4v) is 4.42. The van der Waals surface area contributed by atoms with E-state index in [0.29, 0.717) is 36.6 Å². The Bertz CT molecular complexity index is 834. The lowest BCUT2D eigenvalue weighted by atomic mass is 10.0. The molecule has 0 radical (unpaired) electrons. The maximum atomic E-state index is 13.3. The molecule has 0 aromatic heterocycles. The quantitative estimate of drug-likeness (QED) is 0.723. The molecule has 5 nitrogen and oxygen atoms in total. The molecule has 0 aliphatic carbocycles. The van der Waals surface area contributed by atoms with Gasteiger partial charge >= 0.3 is 6.18 Å². The van der Waals surface area contributed by atoms with E-state index in [9.17, 15) is 22.8 Å². The molecule has 0 atom stereocenters. The number of hydrogen-bond acceptors (Lipinski definition) is 5. The van der Waals surface area contributed by atoms with Crippen molar-refractivity contribution in [2.24, 2.45) is 0 Å². The molecule has 0 bridgehead atoms. The van der Waals surface area contributed by atoms with Gasteiger partial charge in [-0.05, 0) is 56.9 Å². The topological polar surface area (TPSA) is 52.6 Å². The number of imide groups is 1. The van der Waals surface area contributed by atoms with Gasteiger partial charge in [-0.1, -0.05) is 11.6 Å². The molecule has 1 N–H and O–H groups in total. The van der Waals surface area contributed by atoms with Gasteiger partial charge in [0.05, 0.1) is 21.2 Å². The summed E-state index contributed by atoms with van der Waals surface area (Å²) in [7, 11) is 3.99. The van der Waals surface area contributed by atoms with Crippen LogP contribution < -0.4 is 10.2 Å². The van der Waals surface area contributed by atoms with Gasteiger partial charge < -0.3 is 9.80 Å². The molecule has 2 fully saturated rings. The van der Waals surface area contributed by atoms with Crippen LogP contribution in [0.2, 0.25) is 5.02 Å². The van der Waals surface area contributed by atoms with Crippen molar-refractivity contribution in [1.29, 1.82) is 0 Å². The van der Waals surface area contributed by atoms with Crippen LogP contribution in [0.1, 0.15) is 24.0 Å². The van der Waals surface area contributed by atoms with Crippen LogP contribution in [-0.4, -0.2) is 49.3 Å². The number of benzene rings is 1. The summed E-state index contributed by atoms with van der Waals surface area (Å²) in [5.74, 6) is -0.624. The largest absolute Gasteiger partial charge is 0.416 e. The van der Waals surface area contributed by atoms with Crippen LogP contribution in [0, 0.1) is 0 Å². The van der Waals surface area contributed by atoms with Gasteiger partial charge in [0, 0.05) is 24.7 Å². The Hall–Kier alpha value is -1.71. The minimum atomic E-state index is -4.58. The highest BCUT2D eigenvalue weighted by Gasteiger charge is 2.34. The molecule has 1 aromatic carbocycles. The molecule has 3 rings (SSSR count). The normalized spacial score (nSPS) is 20.4. The van der Waals surface area contributed by atoms with Gasteiger partial charge in [0.15, 0.2) is 0 Å². The molecule has 2 amide bonds. The molecule has 2 aliphatic rings. The average Bonchev–Trinajstić information content (AvgIpc) is 2.91. The Morgan fingerprint density at radius 2 is 1.89 bits per heavy atom. The number of carbonyl (C=O) groups is 2. The van der Waals surface area contributed by atoms with E-state index in [1.54, 1.807) is 0 Å². The van der Waals surface area contributed by atoms with E-state index >= 15 is 0 Å². The predicted octanol–water partition coefficient (Wildman–Crippen LogP) is 4.21. The second-order valence-electron chi connectivity index (χ2n) is 6.93. The highest BCUT2D eigenvalue weighted by atomic mass is 35.5. The third-order valence-electron chi connectivity index (χ3n) is 4.86. The van der Waals surface area contributed by atoms with Crippen molar-refractivity contribution in [3.05, 3.63) is 33.2 Å². The molecule has 152 valence electrons. The number of carbonyl (C=O) groups excluding carboxylic acids is 2. The first-order valence-electron chi connectivity index (χ1n) is 8.63. The van der Waals surface area contributed by atoms with Gasteiger partial charge in [-0.3, -0.25) is 14.9 Å². The Labute approximate surface area is 169 Å². The van der Waals surface area contributed by atoms with Gasteiger partial charge in [0.1, 0.15) is 0 Å². The lowest BCUT2D eigenvalue weighted by Gasteiger charge is -2.37. The Kier molecular flexibility index (Phi) is 5.97. The third-order valence-corrected chi connectivity index (χ3v) is 5.96. The van der Waals surface area contributed by atoms with Crippen molar-refractivity contribution >= 4 is 46.3 Å². The van der Waals surface area contributed by atoms with E-state index in [0.717, 1.165) is 25.0 Å². The number of alkyl halides is 3. The molecule has 2 saturated heterocycles. The van der Waals surface area contributed by atoms with Gasteiger partial charge in [-0.15, -0.1) is 0 Å². The van der Waals surface area contributed by atoms with Crippen molar-refractivity contribution in [3.63, 3.8) is 0 Å². The molecule has 2 aliphatic heterocycles. The van der Waals surface area contributed by atoms with E-state index in [2.05, 4.69) is 10.2 Å². The smallest absolute Gasteiger partial charge is 0.370 e. The highest BCUT2D eigenvalue weighted by molar-refractivity contribution is 8.18. The number of nitrogens with one attached hydrogen (secondary N) is 1. The summed E-state index contributed by atoms with van der Waals surface area (Å²) < 4.78 is 39.8. The number of nitrogens with zero attached hydrogens (tertiary/aromatic N) is 2. The van der Waals surface area contributed by atoms with Crippen LogP contribution in [-0.2, 0) is 11.0 Å². The minimum Gasteiger partial charge on any atom is -0.370 e. The first-order valence-corrected chi connectivity index (χ1v) is 9.82. The molecule has 28 heavy (non-hydrogen) atoms. The number of thioether (sulfide) groups is 1. The third kappa shape index (κ3) is 4.47. The second-order valence-corrected chi connectivity index (χ2v) is 8.35. The number of rotatable bonds is 3. The molecule has 0 unspecified atom stereocenters. The zero-order chi connectivity index (χ0) is 20.6. The highest BCUT2D eigenvalue weighted by Crippen LogP contribution is 2.41. The van der Waals surface area contributed by atoms with E-state index in [1.807, 2.05) is 19.0 Å². The second kappa shape index (κ2) is 7.96. The summed E-state index contributed by atoms with van der Waals surface area (Å²) in [5, 5.41) is 1.53. The standard InChI is InChI=1S/C18H19ClF3N3O2S/c1-24(2)12-3-5-25(6-4-12)15-10(8-14-16(26)23-17(27)28-14)7-11(9-13(15)19)18(20,21)22/h7-9,12H,3-6H2,1-2H3,(H,23,26,27)/b14-8-. The number of anilines is 1. The molecule has 2 heterocycles. The maximum absolute atomic E-state index is 13.3. The van der Waals surface area contributed by atoms with Crippen LogP contribution >= 0.6 is 23.4 Å². The van der Waals surface area contributed by atoms with E-state index in [4.69, 9.17) is 11.6 Å².